The maximum atomic E-state index is 7.00. The molecule has 0 spiro atoms. The maximum absolute atomic E-state index is 7.00. The summed E-state index contributed by atoms with van der Waals surface area (Å²) >= 11 is 0. The van der Waals surface area contributed by atoms with Gasteiger partial charge < -0.3 is 27.0 Å². The largest absolute Gasteiger partial charge is 0.504 e. The van der Waals surface area contributed by atoms with Crippen molar-refractivity contribution in [1.29, 1.82) is 0 Å². The molecule has 0 atom stereocenters. The summed E-state index contributed by atoms with van der Waals surface area (Å²) in [6, 6.07) is 0. The third kappa shape index (κ3) is 127. The van der Waals surface area contributed by atoms with Crippen LogP contribution in [-0.2, 0) is 26.5 Å². The van der Waals surface area contributed by atoms with Crippen molar-refractivity contribution in [3.63, 3.8) is 0 Å². The van der Waals surface area contributed by atoms with Crippen molar-refractivity contribution in [2.75, 3.05) is 27.9 Å². The number of ether oxygens (including phenoxy) is 1. The monoisotopic (exact) mass is 229 g/mol. The van der Waals surface area contributed by atoms with Gasteiger partial charge in [0.25, 0.3) is 0 Å². The molecule has 0 radical (unpaired) electrons. The topological polar surface area (TPSA) is 69.9 Å². The van der Waals surface area contributed by atoms with E-state index in [2.05, 4.69) is 18.2 Å². The van der Waals surface area contributed by atoms with E-state index in [0.29, 0.717) is 6.61 Å². The Hall–Kier alpha value is 0.134. The summed E-state index contributed by atoms with van der Waals surface area (Å²) in [5.41, 5.74) is 0. The predicted octanol–water partition coefficient (Wildman–Crippen LogP) is 0.194. The van der Waals surface area contributed by atoms with Gasteiger partial charge in [-0.15, -0.1) is 6.42 Å². The minimum atomic E-state index is 0. The number of hydrogen-bond acceptors (Lipinski definition) is 4. The predicted molar refractivity (Wildman–Crippen MR) is 50.6 cm³/mol. The fraction of sp³-hybridized carbons (Fsp3) is 0.625. The standard InChI is InChI=1S/C5H9O.3CH4O.Ti/c1-3-5-6-4-2;3*1-2;/h4H,1-3,5H2;3*2H,1H3;/q-1;;;;. The van der Waals surface area contributed by atoms with E-state index >= 15 is 0 Å². The van der Waals surface area contributed by atoms with E-state index in [1.54, 1.807) is 0 Å². The van der Waals surface area contributed by atoms with Crippen LogP contribution in [0.5, 0.6) is 0 Å². The molecule has 0 amide bonds. The van der Waals surface area contributed by atoms with Crippen LogP contribution in [0.4, 0.5) is 0 Å². The maximum Gasteiger partial charge on any atom is 0.0755 e. The van der Waals surface area contributed by atoms with Crippen LogP contribution in [0.1, 0.15) is 6.42 Å². The normalized spacial score (nSPS) is 4.85. The van der Waals surface area contributed by atoms with E-state index in [4.69, 9.17) is 15.3 Å². The van der Waals surface area contributed by atoms with Crippen molar-refractivity contribution in [1.82, 2.24) is 0 Å². The number of rotatable bonds is 3. The summed E-state index contributed by atoms with van der Waals surface area (Å²) in [7, 11) is 3.00. The van der Waals surface area contributed by atoms with Crippen molar-refractivity contribution < 1.29 is 41.8 Å². The van der Waals surface area contributed by atoms with Crippen LogP contribution in [0.15, 0.2) is 12.8 Å². The van der Waals surface area contributed by atoms with Crippen molar-refractivity contribution in [3.8, 4) is 0 Å². The van der Waals surface area contributed by atoms with Crippen LogP contribution in [0, 0.1) is 6.92 Å². The van der Waals surface area contributed by atoms with E-state index < -0.39 is 0 Å². The molecule has 4 nitrogen and oxygen atoms in total. The summed E-state index contributed by atoms with van der Waals surface area (Å²) < 4.78 is 4.68. The molecule has 0 bridgehead atoms. The Morgan fingerprint density at radius 3 is 1.54 bits per heavy atom. The summed E-state index contributed by atoms with van der Waals surface area (Å²) in [6.07, 6.45) is 2.23. The molecule has 0 aromatic heterocycles. The summed E-state index contributed by atoms with van der Waals surface area (Å²) in [5.74, 6) is 0. The van der Waals surface area contributed by atoms with Crippen molar-refractivity contribution in [2.24, 2.45) is 0 Å². The summed E-state index contributed by atoms with van der Waals surface area (Å²) in [4.78, 5) is 0. The average Bonchev–Trinajstić information content (AvgIpc) is 2.24. The van der Waals surface area contributed by atoms with Crippen molar-refractivity contribution in [2.45, 2.75) is 6.42 Å². The van der Waals surface area contributed by atoms with Gasteiger partial charge in [0.2, 0.25) is 0 Å². The number of aliphatic hydroxyl groups excluding tert-OH is 3. The van der Waals surface area contributed by atoms with Crippen molar-refractivity contribution in [3.05, 3.63) is 19.8 Å². The van der Waals surface area contributed by atoms with E-state index in [9.17, 15) is 0 Å². The molecular weight excluding hydrogens is 208 g/mol. The molecule has 0 heterocycles. The first kappa shape index (κ1) is 29.2. The van der Waals surface area contributed by atoms with Crippen molar-refractivity contribution >= 4 is 0 Å². The summed E-state index contributed by atoms with van der Waals surface area (Å²) in [6.45, 7) is 7.58. The number of hydrogen-bond donors (Lipinski definition) is 3. The fourth-order valence-electron chi connectivity index (χ4n) is 0.167. The van der Waals surface area contributed by atoms with Gasteiger partial charge in [0, 0.05) is 43.0 Å². The van der Waals surface area contributed by atoms with Gasteiger partial charge in [-0.25, -0.2) is 0 Å². The Morgan fingerprint density at radius 2 is 1.46 bits per heavy atom. The first-order valence-electron chi connectivity index (χ1n) is 3.27. The third-order valence-corrected chi connectivity index (χ3v) is 0.380. The van der Waals surface area contributed by atoms with Gasteiger partial charge in [-0.3, -0.25) is 0 Å². The SMILES string of the molecule is C=COCC[CH2-].CO.CO.CO.[Ti]. The second kappa shape index (κ2) is 88.0. The van der Waals surface area contributed by atoms with Crippen LogP contribution >= 0.6 is 0 Å². The fourth-order valence-corrected chi connectivity index (χ4v) is 0.167. The molecule has 0 aliphatic carbocycles. The van der Waals surface area contributed by atoms with Gasteiger partial charge in [-0.1, -0.05) is 6.58 Å². The van der Waals surface area contributed by atoms with Gasteiger partial charge in [-0.2, -0.15) is 0 Å². The summed E-state index contributed by atoms with van der Waals surface area (Å²) in [5, 5.41) is 21.0. The van der Waals surface area contributed by atoms with Gasteiger partial charge >= 0.3 is 0 Å². The Bertz CT molecular complexity index is 45.1. The molecule has 0 rings (SSSR count). The molecule has 5 heteroatoms. The Balaban J connectivity index is -0.0000000263. The molecule has 0 aliphatic heterocycles. The second-order valence-corrected chi connectivity index (χ2v) is 0.891. The van der Waals surface area contributed by atoms with Gasteiger partial charge in [-0.05, 0) is 0 Å². The molecule has 82 valence electrons. The van der Waals surface area contributed by atoms with Crippen LogP contribution in [0.25, 0.3) is 0 Å². The molecule has 3 N–H and O–H groups in total. The molecule has 0 aromatic carbocycles. The Labute approximate surface area is 96.1 Å². The zero-order valence-electron chi connectivity index (χ0n) is 8.66. The molecule has 0 fully saturated rings. The Kier molecular flexibility index (Phi) is 198. The second-order valence-electron chi connectivity index (χ2n) is 0.891. The quantitative estimate of drug-likeness (QED) is 0.280. The average molecular weight is 229 g/mol. The molecule has 0 aromatic rings. The van der Waals surface area contributed by atoms with Crippen LogP contribution in [0.2, 0.25) is 0 Å². The van der Waals surface area contributed by atoms with E-state index in [0.717, 1.165) is 27.8 Å². The first-order valence-corrected chi connectivity index (χ1v) is 3.27. The van der Waals surface area contributed by atoms with Gasteiger partial charge in [0.15, 0.2) is 0 Å². The molecule has 0 saturated carbocycles. The van der Waals surface area contributed by atoms with E-state index in [1.807, 2.05) is 0 Å². The third-order valence-electron chi connectivity index (χ3n) is 0.380. The first-order chi connectivity index (χ1) is 5.91. The molecule has 13 heavy (non-hydrogen) atoms. The minimum Gasteiger partial charge on any atom is -0.504 e. The molecular formula is C8H21O4Ti-. The van der Waals surface area contributed by atoms with Crippen LogP contribution in [0.3, 0.4) is 0 Å². The molecule has 0 aliphatic rings. The number of aliphatic hydroxyl groups is 3. The molecule has 0 saturated heterocycles. The van der Waals surface area contributed by atoms with Gasteiger partial charge in [0.1, 0.15) is 0 Å². The van der Waals surface area contributed by atoms with E-state index in [1.165, 1.54) is 6.26 Å². The zero-order valence-corrected chi connectivity index (χ0v) is 10.2. The Morgan fingerprint density at radius 1 is 1.15 bits per heavy atom. The molecule has 0 unspecified atom stereocenters. The minimum absolute atomic E-state index is 0. The van der Waals surface area contributed by atoms with Crippen LogP contribution in [-0.4, -0.2) is 43.3 Å². The van der Waals surface area contributed by atoms with E-state index in [-0.39, 0.29) is 21.7 Å². The van der Waals surface area contributed by atoms with Gasteiger partial charge in [0.05, 0.1) is 12.9 Å². The van der Waals surface area contributed by atoms with Crippen LogP contribution < -0.4 is 0 Å². The zero-order chi connectivity index (χ0) is 10.8. The smallest absolute Gasteiger partial charge is 0.0755 e.